The highest BCUT2D eigenvalue weighted by Crippen LogP contribution is 2.29. The molecule has 0 aliphatic carbocycles. The number of hydrogen-bond donors (Lipinski definition) is 1. The Kier molecular flexibility index (Phi) is 5.52. The van der Waals surface area contributed by atoms with Crippen molar-refractivity contribution in [3.05, 3.63) is 32.2 Å². The van der Waals surface area contributed by atoms with Gasteiger partial charge in [-0.15, -0.1) is 0 Å². The molecule has 1 N–H and O–H groups in total. The molecule has 1 amide bonds. The first-order chi connectivity index (χ1) is 9.20. The highest BCUT2D eigenvalue weighted by Gasteiger charge is 2.28. The van der Waals surface area contributed by atoms with E-state index in [1.165, 1.54) is 12.1 Å². The number of nitrogens with zero attached hydrogens (tertiary/aromatic N) is 2. The lowest BCUT2D eigenvalue weighted by atomic mass is 10.1. The molecule has 0 heterocycles. The molecule has 1 rings (SSSR count). The maximum absolute atomic E-state index is 11.4. The number of benzene rings is 1. The largest absolute Gasteiger partial charge is 0.452 e. The number of hydrogen-bond acceptors (Lipinski definition) is 5. The monoisotopic (exact) mass is 426 g/mol. The number of nitriles is 1. The second-order valence-electron chi connectivity index (χ2n) is 3.48. The molecule has 108 valence electrons. The van der Waals surface area contributed by atoms with Crippen LogP contribution in [0.25, 0.3) is 0 Å². The molecule has 0 saturated carbocycles. The zero-order valence-corrected chi connectivity index (χ0v) is 14.0. The number of carbonyl (C=O) groups excluding carboxylic acids is 1. The Labute approximate surface area is 132 Å². The molecule has 7 nitrogen and oxygen atoms in total. The lowest BCUT2D eigenvalue weighted by molar-refractivity contribution is 0.144. The van der Waals surface area contributed by atoms with E-state index < -0.39 is 22.9 Å². The Hall–Kier alpha value is -1.15. The van der Waals surface area contributed by atoms with Crippen LogP contribution in [0.2, 0.25) is 0 Å². The number of ether oxygens (including phenoxy) is 1. The van der Waals surface area contributed by atoms with E-state index in [4.69, 9.17) is 9.81 Å². The first-order valence-corrected chi connectivity index (χ1v) is 7.90. The first-order valence-electron chi connectivity index (χ1n) is 4.91. The van der Waals surface area contributed by atoms with Crippen molar-refractivity contribution in [2.45, 2.75) is 6.54 Å². The van der Waals surface area contributed by atoms with Gasteiger partial charge in [-0.2, -0.15) is 18.0 Å². The van der Waals surface area contributed by atoms with Crippen LogP contribution >= 0.6 is 31.9 Å². The predicted octanol–water partition coefficient (Wildman–Crippen LogP) is 2.45. The molecule has 0 atom stereocenters. The van der Waals surface area contributed by atoms with Crippen molar-refractivity contribution in [3.8, 4) is 6.07 Å². The standard InChI is InChI=1S/C10H8Br2N2O5S/c1-19-10(15)14(20(16,17)18)5-7-8(11)2-6(4-13)3-9(7)12/h2-3H,5H2,1H3,(H,16,17,18). The van der Waals surface area contributed by atoms with Gasteiger partial charge in [0.05, 0.1) is 25.3 Å². The molecule has 0 saturated heterocycles. The minimum Gasteiger partial charge on any atom is -0.452 e. The zero-order chi connectivity index (χ0) is 15.5. The molecule has 0 aliphatic rings. The van der Waals surface area contributed by atoms with Gasteiger partial charge in [0.25, 0.3) is 0 Å². The summed E-state index contributed by atoms with van der Waals surface area (Å²) in [6, 6.07) is 4.84. The smallest absolute Gasteiger partial charge is 0.425 e. The maximum Gasteiger partial charge on any atom is 0.425 e. The normalized spacial score (nSPS) is 10.8. The van der Waals surface area contributed by atoms with Crippen LogP contribution in [-0.4, -0.2) is 30.5 Å². The first kappa shape index (κ1) is 16.9. The van der Waals surface area contributed by atoms with E-state index in [1.807, 2.05) is 6.07 Å². The van der Waals surface area contributed by atoms with Gasteiger partial charge in [-0.05, 0) is 12.1 Å². The fraction of sp³-hybridized carbons (Fsp3) is 0.200. The maximum atomic E-state index is 11.4. The fourth-order valence-electron chi connectivity index (χ4n) is 1.30. The van der Waals surface area contributed by atoms with Gasteiger partial charge in [0.2, 0.25) is 0 Å². The summed E-state index contributed by atoms with van der Waals surface area (Å²) in [6.07, 6.45) is -1.23. The second kappa shape index (κ2) is 6.53. The van der Waals surface area contributed by atoms with Gasteiger partial charge in [0.1, 0.15) is 0 Å². The summed E-state index contributed by atoms with van der Waals surface area (Å²) in [6.45, 7) is -0.460. The Bertz CT molecular complexity index is 660. The summed E-state index contributed by atoms with van der Waals surface area (Å²) in [5.41, 5.74) is 0.691. The zero-order valence-electron chi connectivity index (χ0n) is 10.0. The third kappa shape index (κ3) is 3.92. The van der Waals surface area contributed by atoms with Crippen LogP contribution in [-0.2, 0) is 21.6 Å². The predicted molar refractivity (Wildman–Crippen MR) is 76.1 cm³/mol. The summed E-state index contributed by atoms with van der Waals surface area (Å²) in [5.74, 6) is 0. The van der Waals surface area contributed by atoms with E-state index >= 15 is 0 Å². The van der Waals surface area contributed by atoms with Gasteiger partial charge in [-0.1, -0.05) is 31.9 Å². The van der Waals surface area contributed by atoms with E-state index in [0.29, 0.717) is 20.1 Å². The minimum absolute atomic E-state index is 0.157. The van der Waals surface area contributed by atoms with E-state index in [9.17, 15) is 13.2 Å². The van der Waals surface area contributed by atoms with E-state index in [0.717, 1.165) is 7.11 Å². The number of rotatable bonds is 3. The quantitative estimate of drug-likeness (QED) is 0.742. The minimum atomic E-state index is -4.77. The van der Waals surface area contributed by atoms with Crippen LogP contribution in [0.4, 0.5) is 4.79 Å². The number of carbonyl (C=O) groups is 1. The van der Waals surface area contributed by atoms with Crippen molar-refractivity contribution in [3.63, 3.8) is 0 Å². The Morgan fingerprint density at radius 1 is 1.45 bits per heavy atom. The molecular weight excluding hydrogens is 420 g/mol. The lowest BCUT2D eigenvalue weighted by Crippen LogP contribution is -2.36. The topological polar surface area (TPSA) is 108 Å². The Morgan fingerprint density at radius 3 is 2.30 bits per heavy atom. The number of amides is 1. The fourth-order valence-corrected chi connectivity index (χ4v) is 3.30. The molecular formula is C10H8Br2N2O5S. The molecule has 1 aromatic rings. The van der Waals surface area contributed by atoms with E-state index in [1.54, 1.807) is 0 Å². The van der Waals surface area contributed by atoms with Crippen molar-refractivity contribution in [2.24, 2.45) is 0 Å². The summed E-state index contributed by atoms with van der Waals surface area (Å²) >= 11 is 6.34. The average molecular weight is 428 g/mol. The molecule has 20 heavy (non-hydrogen) atoms. The summed E-state index contributed by atoms with van der Waals surface area (Å²) < 4.78 is 36.7. The summed E-state index contributed by atoms with van der Waals surface area (Å²) in [7, 11) is -3.78. The third-order valence-electron chi connectivity index (χ3n) is 2.23. The number of halogens is 2. The molecule has 0 aromatic heterocycles. The Balaban J connectivity index is 3.26. The van der Waals surface area contributed by atoms with Crippen molar-refractivity contribution >= 4 is 48.3 Å². The molecule has 10 heteroatoms. The van der Waals surface area contributed by atoms with Gasteiger partial charge in [0, 0.05) is 14.5 Å². The molecule has 0 spiro atoms. The lowest BCUT2D eigenvalue weighted by Gasteiger charge is -2.19. The summed E-state index contributed by atoms with van der Waals surface area (Å²) in [5, 5.41) is 8.80. The van der Waals surface area contributed by atoms with Gasteiger partial charge in [0.15, 0.2) is 0 Å². The van der Waals surface area contributed by atoms with E-state index in [2.05, 4.69) is 36.6 Å². The highest BCUT2D eigenvalue weighted by atomic mass is 79.9. The molecule has 0 unspecified atom stereocenters. The highest BCUT2D eigenvalue weighted by molar-refractivity contribution is 9.11. The molecule has 0 fully saturated rings. The van der Waals surface area contributed by atoms with Gasteiger partial charge < -0.3 is 4.74 Å². The number of methoxy groups -OCH3 is 1. The van der Waals surface area contributed by atoms with Crippen LogP contribution < -0.4 is 0 Å². The second-order valence-corrected chi connectivity index (χ2v) is 6.53. The van der Waals surface area contributed by atoms with Crippen molar-refractivity contribution < 1.29 is 22.5 Å². The van der Waals surface area contributed by atoms with Crippen LogP contribution in [0.1, 0.15) is 11.1 Å². The molecule has 0 radical (unpaired) electrons. The van der Waals surface area contributed by atoms with Crippen LogP contribution in [0.15, 0.2) is 21.1 Å². The van der Waals surface area contributed by atoms with Gasteiger partial charge in [-0.25, -0.2) is 4.79 Å². The summed E-state index contributed by atoms with van der Waals surface area (Å²) in [4.78, 5) is 11.4. The van der Waals surface area contributed by atoms with Crippen LogP contribution in [0.5, 0.6) is 0 Å². The third-order valence-corrected chi connectivity index (χ3v) is 4.48. The van der Waals surface area contributed by atoms with Gasteiger partial charge in [-0.3, -0.25) is 4.55 Å². The van der Waals surface area contributed by atoms with Crippen molar-refractivity contribution in [1.29, 1.82) is 5.26 Å². The Morgan fingerprint density at radius 2 is 1.95 bits per heavy atom. The van der Waals surface area contributed by atoms with Crippen LogP contribution in [0, 0.1) is 11.3 Å². The molecule has 1 aromatic carbocycles. The average Bonchev–Trinajstić information content (AvgIpc) is 2.35. The van der Waals surface area contributed by atoms with Crippen LogP contribution in [0.3, 0.4) is 0 Å². The van der Waals surface area contributed by atoms with Crippen molar-refractivity contribution in [2.75, 3.05) is 7.11 Å². The molecule has 0 bridgehead atoms. The van der Waals surface area contributed by atoms with Crippen molar-refractivity contribution in [1.82, 2.24) is 4.31 Å². The SMILES string of the molecule is COC(=O)N(Cc1c(Br)cc(C#N)cc1Br)S(=O)(=O)O. The van der Waals surface area contributed by atoms with Gasteiger partial charge >= 0.3 is 16.4 Å². The molecule has 0 aliphatic heterocycles. The van der Waals surface area contributed by atoms with E-state index in [-0.39, 0.29) is 4.31 Å².